The minimum atomic E-state index is 0.0798. The molecule has 19 heavy (non-hydrogen) atoms. The van der Waals surface area contributed by atoms with Crippen LogP contribution >= 0.6 is 23.5 Å². The van der Waals surface area contributed by atoms with Gasteiger partial charge in [0.25, 0.3) is 0 Å². The lowest BCUT2D eigenvalue weighted by Crippen LogP contribution is -2.24. The van der Waals surface area contributed by atoms with Gasteiger partial charge in [-0.1, -0.05) is 13.8 Å². The molecule has 0 aliphatic carbocycles. The number of anilines is 1. The van der Waals surface area contributed by atoms with E-state index in [0.29, 0.717) is 23.5 Å². The predicted molar refractivity (Wildman–Crippen MR) is 83.9 cm³/mol. The van der Waals surface area contributed by atoms with E-state index in [1.165, 1.54) is 5.75 Å². The maximum Gasteiger partial charge on any atom is 0.227 e. The Hall–Kier alpha value is -0.620. The number of carbonyl (C=O) groups excluding carboxylic acids is 1. The van der Waals surface area contributed by atoms with Crippen molar-refractivity contribution in [1.29, 1.82) is 0 Å². The van der Waals surface area contributed by atoms with Gasteiger partial charge in [-0.25, -0.2) is 4.98 Å². The van der Waals surface area contributed by atoms with Crippen LogP contribution in [0.5, 0.6) is 0 Å². The second kappa shape index (κ2) is 7.24. The zero-order valence-corrected chi connectivity index (χ0v) is 13.1. The summed E-state index contributed by atoms with van der Waals surface area (Å²) in [6.07, 6.45) is 4.25. The standard InChI is InChI=1S/C13H21N3OS2/c1-10(2)8-16-4-3-14-13(16)15-12(17)7-11-9-18-5-6-19-11/h3-4,10-11H,5-9H2,1-2H3,(H,14,15,17)/t11-/m0/s1. The van der Waals surface area contributed by atoms with Crippen molar-refractivity contribution in [2.75, 3.05) is 22.6 Å². The largest absolute Gasteiger partial charge is 0.317 e. The molecule has 1 saturated heterocycles. The van der Waals surface area contributed by atoms with Gasteiger partial charge in [0.15, 0.2) is 0 Å². The van der Waals surface area contributed by atoms with Crippen molar-refractivity contribution in [3.05, 3.63) is 12.4 Å². The van der Waals surface area contributed by atoms with E-state index in [-0.39, 0.29) is 5.91 Å². The van der Waals surface area contributed by atoms with E-state index in [1.54, 1.807) is 6.20 Å². The molecule has 2 heterocycles. The number of amides is 1. The second-order valence-electron chi connectivity index (χ2n) is 5.12. The van der Waals surface area contributed by atoms with E-state index in [4.69, 9.17) is 0 Å². The first kappa shape index (κ1) is 14.8. The third-order valence-corrected chi connectivity index (χ3v) is 5.67. The zero-order chi connectivity index (χ0) is 13.7. The quantitative estimate of drug-likeness (QED) is 0.908. The summed E-state index contributed by atoms with van der Waals surface area (Å²) in [6, 6.07) is 0. The molecule has 6 heteroatoms. The summed E-state index contributed by atoms with van der Waals surface area (Å²) >= 11 is 3.85. The Morgan fingerprint density at radius 3 is 3.11 bits per heavy atom. The summed E-state index contributed by atoms with van der Waals surface area (Å²) in [5, 5.41) is 3.38. The van der Waals surface area contributed by atoms with Crippen molar-refractivity contribution in [1.82, 2.24) is 9.55 Å². The Kier molecular flexibility index (Phi) is 5.63. The molecule has 1 amide bonds. The van der Waals surface area contributed by atoms with E-state index in [9.17, 15) is 4.79 Å². The predicted octanol–water partition coefficient (Wildman–Crippen LogP) is 2.72. The Morgan fingerprint density at radius 2 is 2.42 bits per heavy atom. The van der Waals surface area contributed by atoms with Crippen LogP contribution < -0.4 is 5.32 Å². The third kappa shape index (κ3) is 4.76. The maximum absolute atomic E-state index is 12.0. The Labute approximate surface area is 123 Å². The first-order valence-electron chi connectivity index (χ1n) is 6.65. The lowest BCUT2D eigenvalue weighted by molar-refractivity contribution is -0.116. The van der Waals surface area contributed by atoms with Gasteiger partial charge in [-0.05, 0) is 5.92 Å². The molecule has 0 radical (unpaired) electrons. The monoisotopic (exact) mass is 299 g/mol. The highest BCUT2D eigenvalue weighted by atomic mass is 32.2. The molecule has 0 bridgehead atoms. The van der Waals surface area contributed by atoms with Crippen LogP contribution in [0, 0.1) is 5.92 Å². The maximum atomic E-state index is 12.0. The molecular formula is C13H21N3OS2. The van der Waals surface area contributed by atoms with Crippen molar-refractivity contribution < 1.29 is 4.79 Å². The van der Waals surface area contributed by atoms with Crippen LogP contribution in [0.1, 0.15) is 20.3 Å². The second-order valence-corrected chi connectivity index (χ2v) is 7.68. The fourth-order valence-corrected chi connectivity index (χ4v) is 4.69. The van der Waals surface area contributed by atoms with Crippen LogP contribution in [0.2, 0.25) is 0 Å². The van der Waals surface area contributed by atoms with E-state index in [1.807, 2.05) is 34.3 Å². The Morgan fingerprint density at radius 1 is 1.58 bits per heavy atom. The van der Waals surface area contributed by atoms with Gasteiger partial charge >= 0.3 is 0 Å². The molecule has 1 atom stereocenters. The average Bonchev–Trinajstić information content (AvgIpc) is 2.77. The van der Waals surface area contributed by atoms with Crippen LogP contribution in [0.4, 0.5) is 5.95 Å². The van der Waals surface area contributed by atoms with E-state index >= 15 is 0 Å². The van der Waals surface area contributed by atoms with Crippen LogP contribution in [-0.4, -0.2) is 38.0 Å². The first-order valence-corrected chi connectivity index (χ1v) is 8.86. The number of carbonyl (C=O) groups is 1. The molecule has 0 saturated carbocycles. The number of nitrogens with one attached hydrogen (secondary N) is 1. The molecular weight excluding hydrogens is 278 g/mol. The first-order chi connectivity index (χ1) is 9.15. The van der Waals surface area contributed by atoms with Gasteiger partial charge in [-0.15, -0.1) is 0 Å². The normalized spacial score (nSPS) is 19.6. The topological polar surface area (TPSA) is 46.9 Å². The summed E-state index contributed by atoms with van der Waals surface area (Å²) < 4.78 is 2.01. The molecule has 1 aliphatic rings. The van der Waals surface area contributed by atoms with Gasteiger partial charge in [-0.2, -0.15) is 23.5 Å². The van der Waals surface area contributed by atoms with Crippen LogP contribution in [0.25, 0.3) is 0 Å². The zero-order valence-electron chi connectivity index (χ0n) is 11.5. The van der Waals surface area contributed by atoms with Gasteiger partial charge in [-0.3, -0.25) is 10.1 Å². The summed E-state index contributed by atoms with van der Waals surface area (Å²) in [4.78, 5) is 16.3. The van der Waals surface area contributed by atoms with Gasteiger partial charge in [0.05, 0.1) is 0 Å². The van der Waals surface area contributed by atoms with Crippen LogP contribution in [0.15, 0.2) is 12.4 Å². The molecule has 1 N–H and O–H groups in total. The Bertz CT molecular complexity index is 414. The molecule has 0 unspecified atom stereocenters. The third-order valence-electron chi connectivity index (χ3n) is 2.83. The van der Waals surface area contributed by atoms with Crippen molar-refractivity contribution >= 4 is 35.4 Å². The van der Waals surface area contributed by atoms with E-state index < -0.39 is 0 Å². The van der Waals surface area contributed by atoms with Gasteiger partial charge in [0.2, 0.25) is 11.9 Å². The number of nitrogens with zero attached hydrogens (tertiary/aromatic N) is 2. The molecule has 4 nitrogen and oxygen atoms in total. The molecule has 2 rings (SSSR count). The molecule has 0 aromatic carbocycles. The fourth-order valence-electron chi connectivity index (χ4n) is 2.01. The van der Waals surface area contributed by atoms with Crippen molar-refractivity contribution in [2.24, 2.45) is 5.92 Å². The summed E-state index contributed by atoms with van der Waals surface area (Å²) in [7, 11) is 0. The van der Waals surface area contributed by atoms with Gasteiger partial charge < -0.3 is 4.57 Å². The highest BCUT2D eigenvalue weighted by molar-refractivity contribution is 8.06. The minimum absolute atomic E-state index is 0.0798. The lowest BCUT2D eigenvalue weighted by atomic mass is 10.2. The Balaban J connectivity index is 1.86. The van der Waals surface area contributed by atoms with E-state index in [2.05, 4.69) is 24.1 Å². The summed E-state index contributed by atoms with van der Waals surface area (Å²) in [5.41, 5.74) is 0. The molecule has 106 valence electrons. The number of aromatic nitrogens is 2. The van der Waals surface area contributed by atoms with Crippen LogP contribution in [-0.2, 0) is 11.3 Å². The molecule has 1 aromatic heterocycles. The molecule has 1 aromatic rings. The van der Waals surface area contributed by atoms with Crippen molar-refractivity contribution in [3.63, 3.8) is 0 Å². The molecule has 1 fully saturated rings. The molecule has 0 spiro atoms. The summed E-state index contributed by atoms with van der Waals surface area (Å²) in [6.45, 7) is 5.19. The van der Waals surface area contributed by atoms with Gasteiger partial charge in [0, 0.05) is 47.9 Å². The van der Waals surface area contributed by atoms with Crippen molar-refractivity contribution in [2.45, 2.75) is 32.1 Å². The SMILES string of the molecule is CC(C)Cn1ccnc1NC(=O)C[C@H]1CSCCS1. The van der Waals surface area contributed by atoms with Crippen LogP contribution in [0.3, 0.4) is 0 Å². The average molecular weight is 299 g/mol. The molecule has 1 aliphatic heterocycles. The number of imidazole rings is 1. The number of rotatable bonds is 5. The van der Waals surface area contributed by atoms with Crippen molar-refractivity contribution in [3.8, 4) is 0 Å². The number of hydrogen-bond acceptors (Lipinski definition) is 4. The fraction of sp³-hybridized carbons (Fsp3) is 0.692. The minimum Gasteiger partial charge on any atom is -0.317 e. The van der Waals surface area contributed by atoms with E-state index in [0.717, 1.165) is 18.1 Å². The highest BCUT2D eigenvalue weighted by Gasteiger charge is 2.18. The lowest BCUT2D eigenvalue weighted by Gasteiger charge is -2.20. The summed E-state index contributed by atoms with van der Waals surface area (Å²) in [5.74, 6) is 4.74. The number of hydrogen-bond donors (Lipinski definition) is 1. The highest BCUT2D eigenvalue weighted by Crippen LogP contribution is 2.26. The smallest absolute Gasteiger partial charge is 0.227 e. The number of thioether (sulfide) groups is 2. The van der Waals surface area contributed by atoms with Gasteiger partial charge in [0.1, 0.15) is 0 Å².